The zero-order valence-corrected chi connectivity index (χ0v) is 12.5. The van der Waals surface area contributed by atoms with Crippen molar-refractivity contribution in [1.29, 1.82) is 0 Å². The lowest BCUT2D eigenvalue weighted by atomic mass is 10.3. The number of thiazole rings is 1. The third kappa shape index (κ3) is 3.60. The molecule has 0 bridgehead atoms. The van der Waals surface area contributed by atoms with E-state index in [4.69, 9.17) is 21.4 Å². The summed E-state index contributed by atoms with van der Waals surface area (Å²) in [6.07, 6.45) is 3.50. The van der Waals surface area contributed by atoms with Gasteiger partial charge in [0.05, 0.1) is 12.2 Å². The second-order valence-electron chi connectivity index (χ2n) is 3.98. The molecule has 0 saturated heterocycles. The van der Waals surface area contributed by atoms with Gasteiger partial charge in [-0.25, -0.2) is 9.78 Å². The molecule has 0 spiro atoms. The Labute approximate surface area is 128 Å². The normalized spacial score (nSPS) is 12.9. The molecule has 2 N–H and O–H groups in total. The number of rotatable bonds is 6. The Balaban J connectivity index is 2.00. The van der Waals surface area contributed by atoms with Gasteiger partial charge in [-0.15, -0.1) is 11.3 Å². The van der Waals surface area contributed by atoms with Gasteiger partial charge in [0.2, 0.25) is 5.91 Å². The molecule has 9 heteroatoms. The maximum atomic E-state index is 11.7. The van der Waals surface area contributed by atoms with Crippen molar-refractivity contribution in [2.75, 3.05) is 13.7 Å². The first kappa shape index (κ1) is 15.5. The van der Waals surface area contributed by atoms with Crippen molar-refractivity contribution in [3.05, 3.63) is 28.5 Å². The fourth-order valence-corrected chi connectivity index (χ4v) is 2.61. The monoisotopic (exact) mass is 329 g/mol. The van der Waals surface area contributed by atoms with E-state index in [-0.39, 0.29) is 6.54 Å². The zero-order chi connectivity index (χ0) is 15.4. The van der Waals surface area contributed by atoms with E-state index < -0.39 is 18.0 Å². The Morgan fingerprint density at radius 1 is 1.67 bits per heavy atom. The number of ether oxygens (including phenoxy) is 1. The summed E-state index contributed by atoms with van der Waals surface area (Å²) < 4.78 is 6.46. The minimum Gasteiger partial charge on any atom is -0.479 e. The Kier molecular flexibility index (Phi) is 4.94. The summed E-state index contributed by atoms with van der Waals surface area (Å²) in [4.78, 5) is 27.2. The van der Waals surface area contributed by atoms with Gasteiger partial charge >= 0.3 is 5.97 Å². The van der Waals surface area contributed by atoms with Crippen molar-refractivity contribution in [3.63, 3.8) is 0 Å². The predicted molar refractivity (Wildman–Crippen MR) is 78.6 cm³/mol. The van der Waals surface area contributed by atoms with Gasteiger partial charge < -0.3 is 15.2 Å². The molecule has 112 valence electrons. The van der Waals surface area contributed by atoms with Crippen molar-refractivity contribution in [3.8, 4) is 0 Å². The smallest absolute Gasteiger partial charge is 0.334 e. The largest absolute Gasteiger partial charge is 0.479 e. The molecule has 2 heterocycles. The average Bonchev–Trinajstić information content (AvgIpc) is 2.97. The summed E-state index contributed by atoms with van der Waals surface area (Å²) in [5, 5.41) is 13.4. The van der Waals surface area contributed by atoms with Crippen LogP contribution in [-0.4, -0.2) is 46.1 Å². The van der Waals surface area contributed by atoms with Gasteiger partial charge in [0.25, 0.3) is 0 Å². The predicted octanol–water partition coefficient (Wildman–Crippen LogP) is 1.28. The molecule has 0 saturated carbocycles. The molecule has 2 rings (SSSR count). The highest BCUT2D eigenvalue weighted by atomic mass is 35.5. The van der Waals surface area contributed by atoms with Crippen molar-refractivity contribution in [2.45, 2.75) is 6.10 Å². The van der Waals surface area contributed by atoms with E-state index in [0.29, 0.717) is 10.8 Å². The first-order valence-electron chi connectivity index (χ1n) is 5.85. The van der Waals surface area contributed by atoms with Crippen LogP contribution in [0.5, 0.6) is 0 Å². The number of methoxy groups -OCH3 is 1. The third-order valence-corrected chi connectivity index (χ3v) is 3.70. The molecule has 0 aromatic carbocycles. The summed E-state index contributed by atoms with van der Waals surface area (Å²) in [5.74, 6) is -1.58. The van der Waals surface area contributed by atoms with Crippen LogP contribution in [0.3, 0.4) is 0 Å². The molecule has 0 aliphatic carbocycles. The molecule has 21 heavy (non-hydrogen) atoms. The van der Waals surface area contributed by atoms with Crippen LogP contribution in [0.4, 0.5) is 0 Å². The maximum absolute atomic E-state index is 11.7. The van der Waals surface area contributed by atoms with Crippen LogP contribution in [0.15, 0.2) is 17.7 Å². The quantitative estimate of drug-likeness (QED) is 0.779. The molecule has 0 aliphatic heterocycles. The lowest BCUT2D eigenvalue weighted by molar-refractivity contribution is -0.148. The Hall–Kier alpha value is -1.90. The van der Waals surface area contributed by atoms with Crippen LogP contribution in [0.1, 0.15) is 5.69 Å². The Bertz CT molecular complexity index is 694. The first-order valence-corrected chi connectivity index (χ1v) is 7.11. The molecule has 0 radical (unpaired) electrons. The fraction of sp³-hybridized carbons (Fsp3) is 0.250. The lowest BCUT2D eigenvalue weighted by Gasteiger charge is -2.09. The van der Waals surface area contributed by atoms with Crippen LogP contribution in [0.25, 0.3) is 11.0 Å². The van der Waals surface area contributed by atoms with E-state index in [1.54, 1.807) is 10.6 Å². The Morgan fingerprint density at radius 2 is 2.43 bits per heavy atom. The second kappa shape index (κ2) is 6.70. The summed E-state index contributed by atoms with van der Waals surface area (Å²) in [7, 11) is 1.26. The number of carbonyl (C=O) groups is 2. The van der Waals surface area contributed by atoms with E-state index in [9.17, 15) is 9.59 Å². The Morgan fingerprint density at radius 3 is 3.10 bits per heavy atom. The highest BCUT2D eigenvalue weighted by molar-refractivity contribution is 7.15. The molecule has 0 aliphatic rings. The van der Waals surface area contributed by atoms with Gasteiger partial charge in [-0.3, -0.25) is 9.20 Å². The van der Waals surface area contributed by atoms with E-state index >= 15 is 0 Å². The minimum atomic E-state index is -1.14. The summed E-state index contributed by atoms with van der Waals surface area (Å²) in [6.45, 7) is -0.122. The number of fused-ring (bicyclic) bond motifs is 1. The highest BCUT2D eigenvalue weighted by Crippen LogP contribution is 2.22. The van der Waals surface area contributed by atoms with Gasteiger partial charge in [-0.2, -0.15) is 0 Å². The SMILES string of the molecule is COC(CNC(=O)/C=C/c1c(Cl)nc2sccn12)C(=O)O. The number of carbonyl (C=O) groups excluding carboxylic acids is 1. The molecule has 2 aromatic rings. The maximum Gasteiger partial charge on any atom is 0.334 e. The van der Waals surface area contributed by atoms with Crippen molar-refractivity contribution in [1.82, 2.24) is 14.7 Å². The van der Waals surface area contributed by atoms with Crippen LogP contribution in [-0.2, 0) is 14.3 Å². The van der Waals surface area contributed by atoms with Gasteiger partial charge in [0, 0.05) is 24.8 Å². The minimum absolute atomic E-state index is 0.122. The molecular weight excluding hydrogens is 318 g/mol. The number of aromatic nitrogens is 2. The first-order chi connectivity index (χ1) is 10.0. The lowest BCUT2D eigenvalue weighted by Crippen LogP contribution is -2.37. The topological polar surface area (TPSA) is 92.9 Å². The second-order valence-corrected chi connectivity index (χ2v) is 5.22. The van der Waals surface area contributed by atoms with Gasteiger partial charge in [0.15, 0.2) is 16.2 Å². The number of nitrogens with zero attached hydrogens (tertiary/aromatic N) is 2. The zero-order valence-electron chi connectivity index (χ0n) is 10.9. The molecule has 1 amide bonds. The molecule has 2 aromatic heterocycles. The van der Waals surface area contributed by atoms with Crippen LogP contribution < -0.4 is 5.32 Å². The fourth-order valence-electron chi connectivity index (χ4n) is 1.60. The summed E-state index contributed by atoms with van der Waals surface area (Å²) >= 11 is 7.41. The van der Waals surface area contributed by atoms with E-state index in [2.05, 4.69) is 10.3 Å². The van der Waals surface area contributed by atoms with Gasteiger partial charge in [-0.1, -0.05) is 11.6 Å². The van der Waals surface area contributed by atoms with Gasteiger partial charge in [-0.05, 0) is 6.08 Å². The number of imidazole rings is 1. The number of amides is 1. The molecule has 1 atom stereocenters. The number of aliphatic carboxylic acids is 1. The van der Waals surface area contributed by atoms with E-state index in [0.717, 1.165) is 4.96 Å². The molecule has 1 unspecified atom stereocenters. The van der Waals surface area contributed by atoms with Gasteiger partial charge in [0.1, 0.15) is 0 Å². The number of carboxylic acid groups (broad SMARTS) is 1. The number of hydrogen-bond donors (Lipinski definition) is 2. The number of nitrogens with one attached hydrogen (secondary N) is 1. The standard InChI is InChI=1S/C12H12ClN3O4S/c1-20-8(11(18)19)6-14-9(17)3-2-7-10(13)15-12-16(7)4-5-21-12/h2-5,8H,6H2,1H3,(H,14,17)(H,18,19)/b3-2+. The summed E-state index contributed by atoms with van der Waals surface area (Å²) in [6, 6.07) is 0. The van der Waals surface area contributed by atoms with E-state index in [1.165, 1.54) is 30.6 Å². The van der Waals surface area contributed by atoms with E-state index in [1.807, 2.05) is 5.38 Å². The summed E-state index contributed by atoms with van der Waals surface area (Å²) in [5.41, 5.74) is 0.588. The average molecular weight is 330 g/mol. The van der Waals surface area contributed by atoms with Crippen LogP contribution in [0, 0.1) is 0 Å². The van der Waals surface area contributed by atoms with Crippen LogP contribution in [0.2, 0.25) is 5.15 Å². The van der Waals surface area contributed by atoms with Crippen molar-refractivity contribution < 1.29 is 19.4 Å². The highest BCUT2D eigenvalue weighted by Gasteiger charge is 2.16. The molecular formula is C12H12ClN3O4S. The van der Waals surface area contributed by atoms with Crippen molar-refractivity contribution >= 4 is 45.9 Å². The third-order valence-electron chi connectivity index (χ3n) is 2.67. The molecule has 7 nitrogen and oxygen atoms in total. The van der Waals surface area contributed by atoms with Crippen molar-refractivity contribution in [2.24, 2.45) is 0 Å². The number of hydrogen-bond acceptors (Lipinski definition) is 5. The number of halogens is 1. The molecule has 0 fully saturated rings. The number of carboxylic acids is 1. The van der Waals surface area contributed by atoms with Crippen LogP contribution >= 0.6 is 22.9 Å².